The molecule has 1 atom stereocenters. The van der Waals surface area contributed by atoms with Gasteiger partial charge in [-0.05, 0) is 25.8 Å². The molecular formula is C14H21N3O3. The van der Waals surface area contributed by atoms with E-state index in [9.17, 15) is 4.79 Å². The number of hydrogen-bond acceptors (Lipinski definition) is 5. The van der Waals surface area contributed by atoms with Crippen molar-refractivity contribution in [2.75, 3.05) is 26.4 Å². The smallest absolute Gasteiger partial charge is 0.246 e. The van der Waals surface area contributed by atoms with Gasteiger partial charge < -0.3 is 14.8 Å². The Labute approximate surface area is 118 Å². The van der Waals surface area contributed by atoms with Crippen molar-refractivity contribution in [1.82, 2.24) is 15.3 Å². The summed E-state index contributed by atoms with van der Waals surface area (Å²) in [5, 5.41) is 2.78. The Hall–Kier alpha value is -1.53. The zero-order chi connectivity index (χ0) is 14.2. The molecule has 1 aliphatic rings. The average Bonchev–Trinajstić information content (AvgIpc) is 2.52. The number of amides is 1. The summed E-state index contributed by atoms with van der Waals surface area (Å²) in [5.74, 6) is 0.942. The number of nitrogens with one attached hydrogen (secondary N) is 1. The Bertz CT molecular complexity index is 433. The number of hydrogen-bond donors (Lipinski definition) is 1. The molecule has 6 nitrogen and oxygen atoms in total. The van der Waals surface area contributed by atoms with Gasteiger partial charge in [0.25, 0.3) is 0 Å². The predicted molar refractivity (Wildman–Crippen MR) is 73.2 cm³/mol. The highest BCUT2D eigenvalue weighted by molar-refractivity contribution is 5.77. The molecular weight excluding hydrogens is 258 g/mol. The highest BCUT2D eigenvalue weighted by Crippen LogP contribution is 2.22. The Balaban J connectivity index is 1.87. The maximum Gasteiger partial charge on any atom is 0.246 e. The Morgan fingerprint density at radius 3 is 3.25 bits per heavy atom. The third-order valence-corrected chi connectivity index (χ3v) is 3.16. The number of carbonyl (C=O) groups excluding carboxylic acids is 1. The van der Waals surface area contributed by atoms with Gasteiger partial charge in [0, 0.05) is 25.3 Å². The van der Waals surface area contributed by atoms with Crippen molar-refractivity contribution < 1.29 is 14.3 Å². The number of aromatic nitrogens is 2. The van der Waals surface area contributed by atoms with Gasteiger partial charge in [-0.15, -0.1) is 0 Å². The third-order valence-electron chi connectivity index (χ3n) is 3.16. The molecule has 1 saturated heterocycles. The van der Waals surface area contributed by atoms with Crippen molar-refractivity contribution in [2.24, 2.45) is 0 Å². The highest BCUT2D eigenvalue weighted by Gasteiger charge is 2.18. The van der Waals surface area contributed by atoms with Crippen molar-refractivity contribution >= 4 is 5.91 Å². The maximum absolute atomic E-state index is 11.5. The first kappa shape index (κ1) is 14.9. The van der Waals surface area contributed by atoms with Crippen molar-refractivity contribution in [3.63, 3.8) is 0 Å². The molecule has 20 heavy (non-hydrogen) atoms. The number of ether oxygens (including phenoxy) is 2. The molecule has 110 valence electrons. The fraction of sp³-hybridized carbons (Fsp3) is 0.643. The molecule has 6 heteroatoms. The van der Waals surface area contributed by atoms with E-state index in [4.69, 9.17) is 9.47 Å². The van der Waals surface area contributed by atoms with E-state index in [2.05, 4.69) is 15.3 Å². The quantitative estimate of drug-likeness (QED) is 0.841. The molecule has 0 spiro atoms. The second-order valence-electron chi connectivity index (χ2n) is 4.73. The van der Waals surface area contributed by atoms with Crippen LogP contribution in [0.3, 0.4) is 0 Å². The van der Waals surface area contributed by atoms with E-state index in [1.807, 2.05) is 13.0 Å². The third kappa shape index (κ3) is 4.54. The zero-order valence-corrected chi connectivity index (χ0v) is 11.8. The number of nitrogens with zero attached hydrogens (tertiary/aromatic N) is 2. The fourth-order valence-corrected chi connectivity index (χ4v) is 2.09. The van der Waals surface area contributed by atoms with Gasteiger partial charge in [-0.2, -0.15) is 0 Å². The highest BCUT2D eigenvalue weighted by atomic mass is 16.5. The summed E-state index contributed by atoms with van der Waals surface area (Å²) in [6.45, 7) is 4.38. The molecule has 1 aromatic rings. The summed E-state index contributed by atoms with van der Waals surface area (Å²) in [5.41, 5.74) is 0.811. The lowest BCUT2D eigenvalue weighted by Crippen LogP contribution is -2.28. The molecule has 1 fully saturated rings. The van der Waals surface area contributed by atoms with Gasteiger partial charge in [0.15, 0.2) is 0 Å². The van der Waals surface area contributed by atoms with Crippen LogP contribution >= 0.6 is 0 Å². The second-order valence-corrected chi connectivity index (χ2v) is 4.73. The van der Waals surface area contributed by atoms with E-state index >= 15 is 0 Å². The largest absolute Gasteiger partial charge is 0.381 e. The minimum absolute atomic E-state index is 0.0882. The lowest BCUT2D eigenvalue weighted by atomic mass is 10.0. The molecule has 0 radical (unpaired) electrons. The summed E-state index contributed by atoms with van der Waals surface area (Å²) in [7, 11) is 0. The van der Waals surface area contributed by atoms with Crippen LogP contribution in [0.25, 0.3) is 0 Å². The van der Waals surface area contributed by atoms with Crippen LogP contribution in [0.4, 0.5) is 0 Å². The van der Waals surface area contributed by atoms with Gasteiger partial charge in [0.05, 0.1) is 18.8 Å². The van der Waals surface area contributed by atoms with E-state index < -0.39 is 0 Å². The molecule has 1 N–H and O–H groups in total. The van der Waals surface area contributed by atoms with E-state index in [0.29, 0.717) is 19.8 Å². The molecule has 0 bridgehead atoms. The molecule has 0 saturated carbocycles. The molecule has 2 rings (SSSR count). The first-order chi connectivity index (χ1) is 9.79. The molecule has 1 amide bonds. The van der Waals surface area contributed by atoms with Gasteiger partial charge in [0.2, 0.25) is 5.91 Å². The predicted octanol–water partition coefficient (Wildman–Crippen LogP) is 1.02. The van der Waals surface area contributed by atoms with Gasteiger partial charge in [-0.1, -0.05) is 0 Å². The lowest BCUT2D eigenvalue weighted by molar-refractivity contribution is -0.125. The van der Waals surface area contributed by atoms with Crippen LogP contribution in [0.1, 0.15) is 37.2 Å². The summed E-state index contributed by atoms with van der Waals surface area (Å²) in [6.07, 6.45) is 3.84. The minimum atomic E-state index is -0.131. The molecule has 1 aromatic heterocycles. The summed E-state index contributed by atoms with van der Waals surface area (Å²) in [4.78, 5) is 20.3. The fourth-order valence-electron chi connectivity index (χ4n) is 2.09. The molecule has 0 aliphatic carbocycles. The van der Waals surface area contributed by atoms with Crippen molar-refractivity contribution in [1.29, 1.82) is 0 Å². The molecule has 1 aliphatic heterocycles. The average molecular weight is 279 g/mol. The van der Waals surface area contributed by atoms with E-state index in [1.165, 1.54) is 0 Å². The summed E-state index contributed by atoms with van der Waals surface area (Å²) < 4.78 is 10.5. The van der Waals surface area contributed by atoms with Gasteiger partial charge in [0.1, 0.15) is 12.4 Å². The van der Waals surface area contributed by atoms with Crippen LogP contribution in [0.15, 0.2) is 12.3 Å². The molecule has 0 aromatic carbocycles. The van der Waals surface area contributed by atoms with Crippen LogP contribution in [0.2, 0.25) is 0 Å². The van der Waals surface area contributed by atoms with Gasteiger partial charge >= 0.3 is 0 Å². The van der Waals surface area contributed by atoms with Crippen LogP contribution in [-0.2, 0) is 20.8 Å². The Morgan fingerprint density at radius 2 is 2.50 bits per heavy atom. The summed E-state index contributed by atoms with van der Waals surface area (Å²) >= 11 is 0. The number of rotatable bonds is 6. The zero-order valence-electron chi connectivity index (χ0n) is 11.8. The maximum atomic E-state index is 11.5. The molecule has 1 unspecified atom stereocenters. The first-order valence-corrected chi connectivity index (χ1v) is 7.03. The van der Waals surface area contributed by atoms with Crippen molar-refractivity contribution in [2.45, 2.75) is 32.2 Å². The lowest BCUT2D eigenvalue weighted by Gasteiger charge is -2.20. The number of carbonyl (C=O) groups is 1. The standard InChI is InChI=1S/C14H21N3O3/c1-2-19-10-13(18)16-8-12-5-6-15-14(17-12)11-4-3-7-20-9-11/h5-6,11H,2-4,7-10H2,1H3,(H,16,18). The Morgan fingerprint density at radius 1 is 1.60 bits per heavy atom. The van der Waals surface area contributed by atoms with Crippen LogP contribution in [0.5, 0.6) is 0 Å². The van der Waals surface area contributed by atoms with Crippen molar-refractivity contribution in [3.8, 4) is 0 Å². The van der Waals surface area contributed by atoms with Gasteiger partial charge in [-0.3, -0.25) is 4.79 Å². The monoisotopic (exact) mass is 279 g/mol. The first-order valence-electron chi connectivity index (χ1n) is 7.03. The van der Waals surface area contributed by atoms with E-state index in [1.54, 1.807) is 6.20 Å². The van der Waals surface area contributed by atoms with Crippen LogP contribution in [0, 0.1) is 0 Å². The van der Waals surface area contributed by atoms with Gasteiger partial charge in [-0.25, -0.2) is 9.97 Å². The molecule has 2 heterocycles. The van der Waals surface area contributed by atoms with Crippen molar-refractivity contribution in [3.05, 3.63) is 23.8 Å². The summed E-state index contributed by atoms with van der Waals surface area (Å²) in [6, 6.07) is 1.81. The van der Waals surface area contributed by atoms with Crippen LogP contribution in [-0.4, -0.2) is 42.3 Å². The second kappa shape index (κ2) is 7.91. The topological polar surface area (TPSA) is 73.3 Å². The normalized spacial score (nSPS) is 18.8. The Kier molecular flexibility index (Phi) is 5.88. The van der Waals surface area contributed by atoms with Crippen LogP contribution < -0.4 is 5.32 Å². The van der Waals surface area contributed by atoms with E-state index in [-0.39, 0.29) is 18.4 Å². The van der Waals surface area contributed by atoms with E-state index in [0.717, 1.165) is 31.0 Å². The SMILES string of the molecule is CCOCC(=O)NCc1ccnc(C2CCCOC2)n1. The minimum Gasteiger partial charge on any atom is -0.381 e.